The number of hydrogen-bond donors (Lipinski definition) is 1. The number of carbonyl (C=O) groups excluding carboxylic acids is 2. The van der Waals surface area contributed by atoms with Crippen LogP contribution in [0.25, 0.3) is 0 Å². The topological polar surface area (TPSA) is 64.6 Å². The molecular weight excluding hydrogens is 378 g/mol. The Kier molecular flexibility index (Phi) is 5.56. The predicted octanol–water partition coefficient (Wildman–Crippen LogP) is 4.03. The van der Waals surface area contributed by atoms with E-state index >= 15 is 0 Å². The first-order valence-electron chi connectivity index (χ1n) is 9.83. The Morgan fingerprint density at radius 1 is 1.29 bits per heavy atom. The van der Waals surface area contributed by atoms with E-state index in [1.54, 1.807) is 6.07 Å². The zero-order chi connectivity index (χ0) is 19.7. The van der Waals surface area contributed by atoms with Crippen molar-refractivity contribution in [1.29, 1.82) is 0 Å². The molecule has 5 nitrogen and oxygen atoms in total. The third-order valence-electron chi connectivity index (χ3n) is 5.64. The Labute approximate surface area is 169 Å². The van der Waals surface area contributed by atoms with Crippen molar-refractivity contribution in [2.24, 2.45) is 0 Å². The van der Waals surface area contributed by atoms with Gasteiger partial charge in [0.2, 0.25) is 0 Å². The number of Topliss-reactive ketones (excluding diaryl/α,β-unsaturated/α-hetero) is 1. The summed E-state index contributed by atoms with van der Waals surface area (Å²) in [6.45, 7) is 2.79. The fraction of sp³-hybridized carbons (Fsp3) is 0.455. The summed E-state index contributed by atoms with van der Waals surface area (Å²) >= 11 is 6.49. The molecule has 0 radical (unpaired) electrons. The van der Waals surface area contributed by atoms with Crippen LogP contribution in [-0.4, -0.2) is 31.1 Å². The predicted molar refractivity (Wildman–Crippen MR) is 106 cm³/mol. The summed E-state index contributed by atoms with van der Waals surface area (Å²) < 4.78 is 11.2. The van der Waals surface area contributed by atoms with E-state index in [2.05, 4.69) is 5.32 Å². The molecule has 0 bridgehead atoms. The number of carbonyl (C=O) groups is 2. The number of esters is 1. The Morgan fingerprint density at radius 3 is 2.86 bits per heavy atom. The molecule has 28 heavy (non-hydrogen) atoms. The minimum atomic E-state index is -0.505. The maximum atomic E-state index is 13.1. The normalized spacial score (nSPS) is 24.9. The molecule has 1 aliphatic carbocycles. The molecule has 1 aromatic rings. The van der Waals surface area contributed by atoms with Crippen LogP contribution in [0.3, 0.4) is 0 Å². The lowest BCUT2D eigenvalue weighted by atomic mass is 9.75. The van der Waals surface area contributed by atoms with E-state index < -0.39 is 11.9 Å². The second-order valence-electron chi connectivity index (χ2n) is 7.52. The van der Waals surface area contributed by atoms with E-state index in [4.69, 9.17) is 21.1 Å². The highest BCUT2D eigenvalue weighted by Crippen LogP contribution is 2.44. The lowest BCUT2D eigenvalue weighted by molar-refractivity contribution is -0.142. The highest BCUT2D eigenvalue weighted by Gasteiger charge is 2.40. The highest BCUT2D eigenvalue weighted by molar-refractivity contribution is 6.31. The van der Waals surface area contributed by atoms with Crippen LogP contribution in [-0.2, 0) is 19.1 Å². The average Bonchev–Trinajstić information content (AvgIpc) is 3.19. The zero-order valence-corrected chi connectivity index (χ0v) is 16.7. The number of benzene rings is 1. The average molecular weight is 402 g/mol. The van der Waals surface area contributed by atoms with E-state index in [0.29, 0.717) is 29.2 Å². The fourth-order valence-corrected chi connectivity index (χ4v) is 4.54. The lowest BCUT2D eigenvalue weighted by Crippen LogP contribution is -2.35. The van der Waals surface area contributed by atoms with Crippen LogP contribution in [0.15, 0.2) is 46.8 Å². The largest absolute Gasteiger partial charge is 0.459 e. The molecule has 2 heterocycles. The number of nitrogens with one attached hydrogen (secondary N) is 1. The van der Waals surface area contributed by atoms with Gasteiger partial charge in [-0.25, -0.2) is 4.79 Å². The van der Waals surface area contributed by atoms with E-state index in [0.717, 1.165) is 42.6 Å². The van der Waals surface area contributed by atoms with Crippen LogP contribution >= 0.6 is 11.6 Å². The Morgan fingerprint density at radius 2 is 2.11 bits per heavy atom. The van der Waals surface area contributed by atoms with Crippen LogP contribution in [0.1, 0.15) is 50.5 Å². The number of rotatable bonds is 4. The second kappa shape index (κ2) is 8.10. The molecule has 1 aromatic carbocycles. The monoisotopic (exact) mass is 401 g/mol. The number of hydrogen-bond acceptors (Lipinski definition) is 5. The number of dihydropyridines is 1. The van der Waals surface area contributed by atoms with Crippen molar-refractivity contribution in [1.82, 2.24) is 5.32 Å². The molecular formula is C22H24ClNO4. The van der Waals surface area contributed by atoms with E-state index in [9.17, 15) is 9.59 Å². The molecule has 0 aromatic heterocycles. The summed E-state index contributed by atoms with van der Waals surface area (Å²) in [5.74, 6) is -0.860. The van der Waals surface area contributed by atoms with Crippen molar-refractivity contribution in [3.63, 3.8) is 0 Å². The van der Waals surface area contributed by atoms with Gasteiger partial charge in [0.25, 0.3) is 0 Å². The number of allylic oxidation sites excluding steroid dienone is 3. The third kappa shape index (κ3) is 3.61. The maximum absolute atomic E-state index is 13.1. The van der Waals surface area contributed by atoms with Crippen LogP contribution in [0.5, 0.6) is 0 Å². The first kappa shape index (κ1) is 19.2. The molecule has 148 valence electrons. The van der Waals surface area contributed by atoms with Crippen LogP contribution in [0, 0.1) is 0 Å². The van der Waals surface area contributed by atoms with Crippen molar-refractivity contribution >= 4 is 23.4 Å². The van der Waals surface area contributed by atoms with Gasteiger partial charge in [-0.3, -0.25) is 4.79 Å². The molecule has 2 atom stereocenters. The van der Waals surface area contributed by atoms with Gasteiger partial charge >= 0.3 is 5.97 Å². The summed E-state index contributed by atoms with van der Waals surface area (Å²) in [6.07, 6.45) is 3.91. The SMILES string of the molecule is CC1=C(C(=O)OCC2CCCO2)C(c2ccccc2Cl)C2=C(CCCC2=O)N1. The Balaban J connectivity index is 1.71. The molecule has 2 aliphatic heterocycles. The van der Waals surface area contributed by atoms with Crippen LogP contribution < -0.4 is 5.32 Å². The standard InChI is InChI=1S/C22H24ClNO4/c1-13-19(22(26)28-12-14-6-5-11-27-14)20(15-7-2-3-8-16(15)23)21-17(24-13)9-4-10-18(21)25/h2-3,7-8,14,20,24H,4-6,9-12H2,1H3. The molecule has 4 rings (SSSR count). The molecule has 0 saturated carbocycles. The van der Waals surface area contributed by atoms with Gasteiger partial charge in [0, 0.05) is 40.9 Å². The van der Waals surface area contributed by atoms with Gasteiger partial charge in [0.15, 0.2) is 5.78 Å². The molecule has 6 heteroatoms. The van der Waals surface area contributed by atoms with Crippen LogP contribution in [0.2, 0.25) is 5.02 Å². The molecule has 2 unspecified atom stereocenters. The molecule has 1 N–H and O–H groups in total. The summed E-state index contributed by atoms with van der Waals surface area (Å²) in [7, 11) is 0. The van der Waals surface area contributed by atoms with Gasteiger partial charge in [-0.2, -0.15) is 0 Å². The first-order valence-corrected chi connectivity index (χ1v) is 10.2. The summed E-state index contributed by atoms with van der Waals surface area (Å²) in [6, 6.07) is 7.39. The lowest BCUT2D eigenvalue weighted by Gasteiger charge is -2.34. The smallest absolute Gasteiger partial charge is 0.336 e. The third-order valence-corrected chi connectivity index (χ3v) is 5.98. The minimum Gasteiger partial charge on any atom is -0.459 e. The van der Waals surface area contributed by atoms with Gasteiger partial charge in [0.05, 0.1) is 11.7 Å². The molecule has 1 saturated heterocycles. The van der Waals surface area contributed by atoms with Gasteiger partial charge in [-0.05, 0) is 44.2 Å². The Bertz CT molecular complexity index is 867. The second-order valence-corrected chi connectivity index (χ2v) is 7.93. The van der Waals surface area contributed by atoms with Gasteiger partial charge in [-0.1, -0.05) is 29.8 Å². The zero-order valence-electron chi connectivity index (χ0n) is 15.9. The van der Waals surface area contributed by atoms with E-state index in [-0.39, 0.29) is 18.5 Å². The first-order chi connectivity index (χ1) is 13.6. The van der Waals surface area contributed by atoms with E-state index in [1.165, 1.54) is 0 Å². The minimum absolute atomic E-state index is 0.0498. The van der Waals surface area contributed by atoms with Crippen molar-refractivity contribution in [2.45, 2.75) is 51.0 Å². The molecule has 1 fully saturated rings. The van der Waals surface area contributed by atoms with E-state index in [1.807, 2.05) is 25.1 Å². The van der Waals surface area contributed by atoms with Crippen molar-refractivity contribution in [2.75, 3.05) is 13.2 Å². The van der Waals surface area contributed by atoms with Crippen LogP contribution in [0.4, 0.5) is 0 Å². The van der Waals surface area contributed by atoms with Gasteiger partial charge < -0.3 is 14.8 Å². The highest BCUT2D eigenvalue weighted by atomic mass is 35.5. The molecule has 3 aliphatic rings. The van der Waals surface area contributed by atoms with Gasteiger partial charge in [0.1, 0.15) is 6.61 Å². The van der Waals surface area contributed by atoms with Crippen molar-refractivity contribution < 1.29 is 19.1 Å². The van der Waals surface area contributed by atoms with Crippen molar-refractivity contribution in [3.8, 4) is 0 Å². The molecule has 0 amide bonds. The fourth-order valence-electron chi connectivity index (χ4n) is 4.30. The quantitative estimate of drug-likeness (QED) is 0.771. The number of ether oxygens (including phenoxy) is 2. The summed E-state index contributed by atoms with van der Waals surface area (Å²) in [5, 5.41) is 3.83. The van der Waals surface area contributed by atoms with Crippen molar-refractivity contribution in [3.05, 3.63) is 57.4 Å². The maximum Gasteiger partial charge on any atom is 0.336 e. The molecule has 0 spiro atoms. The Hall–Kier alpha value is -2.11. The summed E-state index contributed by atoms with van der Waals surface area (Å²) in [4.78, 5) is 25.9. The number of ketones is 1. The number of halogens is 1. The summed E-state index contributed by atoms with van der Waals surface area (Å²) in [5.41, 5.74) is 3.48. The van der Waals surface area contributed by atoms with Gasteiger partial charge in [-0.15, -0.1) is 0 Å².